The van der Waals surface area contributed by atoms with Crippen LogP contribution in [0, 0.1) is 5.92 Å². The van der Waals surface area contributed by atoms with E-state index in [2.05, 4.69) is 21.2 Å². The largest absolute Gasteiger partial charge is 0.369 e. The van der Waals surface area contributed by atoms with Gasteiger partial charge in [0.1, 0.15) is 0 Å². The van der Waals surface area contributed by atoms with Gasteiger partial charge in [0.25, 0.3) is 0 Å². The molecule has 0 saturated carbocycles. The van der Waals surface area contributed by atoms with Crippen molar-refractivity contribution in [1.82, 2.24) is 10.2 Å². The van der Waals surface area contributed by atoms with Gasteiger partial charge in [-0.1, -0.05) is 0 Å². The van der Waals surface area contributed by atoms with Crippen LogP contribution >= 0.6 is 27.3 Å². The number of carbonyl (C=O) groups excluding carboxylic acids is 2. The lowest BCUT2D eigenvalue weighted by Crippen LogP contribution is -2.39. The fourth-order valence-electron chi connectivity index (χ4n) is 1.90. The third-order valence-electron chi connectivity index (χ3n) is 2.94. The van der Waals surface area contributed by atoms with Crippen LogP contribution in [0.4, 0.5) is 4.79 Å². The van der Waals surface area contributed by atoms with Gasteiger partial charge in [0, 0.05) is 19.6 Å². The number of nitrogens with one attached hydrogen (secondary N) is 1. The number of hydrogen-bond acceptors (Lipinski definition) is 3. The van der Waals surface area contributed by atoms with Crippen LogP contribution in [-0.4, -0.2) is 29.9 Å². The highest BCUT2D eigenvalue weighted by atomic mass is 79.9. The Balaban J connectivity index is 1.80. The van der Waals surface area contributed by atoms with E-state index in [1.165, 1.54) is 0 Å². The van der Waals surface area contributed by atoms with Gasteiger partial charge in [-0.15, -0.1) is 11.3 Å². The maximum atomic E-state index is 11.8. The molecule has 1 saturated heterocycles. The Morgan fingerprint density at radius 3 is 2.94 bits per heavy atom. The summed E-state index contributed by atoms with van der Waals surface area (Å²) in [6, 6.07) is 1.84. The Morgan fingerprint density at radius 1 is 1.61 bits per heavy atom. The number of urea groups is 1. The summed E-state index contributed by atoms with van der Waals surface area (Å²) in [4.78, 5) is 24.5. The lowest BCUT2D eigenvalue weighted by Gasteiger charge is -2.16. The number of thiophene rings is 1. The molecule has 0 aliphatic carbocycles. The lowest BCUT2D eigenvalue weighted by atomic mass is 10.1. The Morgan fingerprint density at radius 2 is 2.39 bits per heavy atom. The van der Waals surface area contributed by atoms with E-state index >= 15 is 0 Å². The van der Waals surface area contributed by atoms with E-state index in [0.29, 0.717) is 26.1 Å². The number of nitrogens with two attached hydrogens (primary N) is 1. The first-order chi connectivity index (χ1) is 8.56. The van der Waals surface area contributed by atoms with Crippen LogP contribution in [-0.2, 0) is 11.3 Å². The maximum Gasteiger partial charge on any atom is 0.317 e. The van der Waals surface area contributed by atoms with Crippen molar-refractivity contribution in [2.45, 2.75) is 13.0 Å². The lowest BCUT2D eigenvalue weighted by molar-refractivity contribution is -0.121. The van der Waals surface area contributed by atoms with E-state index < -0.39 is 0 Å². The second kappa shape index (κ2) is 5.71. The van der Waals surface area contributed by atoms with Gasteiger partial charge in [-0.05, 0) is 39.4 Å². The monoisotopic (exact) mass is 331 g/mol. The van der Waals surface area contributed by atoms with Crippen LogP contribution in [0.3, 0.4) is 0 Å². The predicted molar refractivity (Wildman–Crippen MR) is 73.1 cm³/mol. The molecule has 2 rings (SSSR count). The molecule has 5 nitrogen and oxygen atoms in total. The molecule has 1 fully saturated rings. The van der Waals surface area contributed by atoms with E-state index in [4.69, 9.17) is 5.73 Å². The number of amides is 3. The summed E-state index contributed by atoms with van der Waals surface area (Å²) in [7, 11) is 0. The average Bonchev–Trinajstić information content (AvgIpc) is 2.94. The molecular weight excluding hydrogens is 318 g/mol. The summed E-state index contributed by atoms with van der Waals surface area (Å²) in [5.41, 5.74) is 6.29. The molecule has 3 amide bonds. The summed E-state index contributed by atoms with van der Waals surface area (Å²) >= 11 is 4.96. The van der Waals surface area contributed by atoms with Crippen LogP contribution in [0.5, 0.6) is 0 Å². The minimum absolute atomic E-state index is 0.138. The van der Waals surface area contributed by atoms with Crippen LogP contribution in [0.1, 0.15) is 12.0 Å². The van der Waals surface area contributed by atoms with Gasteiger partial charge in [-0.2, -0.15) is 0 Å². The van der Waals surface area contributed by atoms with Crippen molar-refractivity contribution >= 4 is 39.2 Å². The summed E-state index contributed by atoms with van der Waals surface area (Å²) in [5.74, 6) is -0.530. The SMILES string of the molecule is NC(=O)C1CCN(C(=O)NCc2csc(Br)c2)C1. The van der Waals surface area contributed by atoms with E-state index in [0.717, 1.165) is 9.35 Å². The first kappa shape index (κ1) is 13.4. The zero-order chi connectivity index (χ0) is 13.1. The molecule has 18 heavy (non-hydrogen) atoms. The standard InChI is InChI=1S/C11H14BrN3O2S/c12-9-3-7(6-18-9)4-14-11(17)15-2-1-8(5-15)10(13)16/h3,6,8H,1-2,4-5H2,(H2,13,16)(H,14,17). The van der Waals surface area contributed by atoms with Crippen LogP contribution in [0.15, 0.2) is 15.2 Å². The highest BCUT2D eigenvalue weighted by Crippen LogP contribution is 2.20. The molecule has 2 heterocycles. The number of hydrogen-bond donors (Lipinski definition) is 2. The first-order valence-electron chi connectivity index (χ1n) is 5.61. The first-order valence-corrected chi connectivity index (χ1v) is 7.28. The molecule has 7 heteroatoms. The minimum atomic E-state index is -0.327. The highest BCUT2D eigenvalue weighted by Gasteiger charge is 2.29. The molecule has 3 N–H and O–H groups in total. The van der Waals surface area contributed by atoms with Gasteiger partial charge in [0.05, 0.1) is 9.70 Å². The third kappa shape index (κ3) is 3.23. The maximum absolute atomic E-state index is 11.8. The van der Waals surface area contributed by atoms with Crippen molar-refractivity contribution in [3.8, 4) is 0 Å². The van der Waals surface area contributed by atoms with Gasteiger partial charge >= 0.3 is 6.03 Å². The molecule has 1 atom stereocenters. The fraction of sp³-hybridized carbons (Fsp3) is 0.455. The summed E-state index contributed by atoms with van der Waals surface area (Å²) in [6.07, 6.45) is 0.659. The van der Waals surface area contributed by atoms with Crippen LogP contribution < -0.4 is 11.1 Å². The molecule has 1 aromatic rings. The number of halogens is 1. The topological polar surface area (TPSA) is 75.4 Å². The van der Waals surface area contributed by atoms with E-state index in [-0.39, 0.29) is 17.9 Å². The Labute approximate surface area is 117 Å². The number of carbonyl (C=O) groups is 2. The normalized spacial score (nSPS) is 18.9. The average molecular weight is 332 g/mol. The van der Waals surface area contributed by atoms with Crippen LogP contribution in [0.25, 0.3) is 0 Å². The van der Waals surface area contributed by atoms with E-state index in [1.807, 2.05) is 11.4 Å². The van der Waals surface area contributed by atoms with E-state index in [9.17, 15) is 9.59 Å². The minimum Gasteiger partial charge on any atom is -0.369 e. The molecule has 1 aliphatic rings. The number of likely N-dealkylation sites (tertiary alicyclic amines) is 1. The predicted octanol–water partition coefficient (Wildman–Crippen LogP) is 1.53. The fourth-order valence-corrected chi connectivity index (χ4v) is 3.11. The quantitative estimate of drug-likeness (QED) is 0.881. The Kier molecular flexibility index (Phi) is 4.23. The van der Waals surface area contributed by atoms with Crippen molar-refractivity contribution in [2.75, 3.05) is 13.1 Å². The molecule has 1 unspecified atom stereocenters. The Hall–Kier alpha value is -1.08. The van der Waals surface area contributed by atoms with E-state index in [1.54, 1.807) is 16.2 Å². The summed E-state index contributed by atoms with van der Waals surface area (Å²) in [5, 5.41) is 4.82. The van der Waals surface area contributed by atoms with Gasteiger partial charge in [0.15, 0.2) is 0 Å². The third-order valence-corrected chi connectivity index (χ3v) is 4.50. The smallest absolute Gasteiger partial charge is 0.317 e. The summed E-state index contributed by atoms with van der Waals surface area (Å²) in [6.45, 7) is 1.51. The molecule has 98 valence electrons. The molecule has 1 aliphatic heterocycles. The zero-order valence-electron chi connectivity index (χ0n) is 9.69. The second-order valence-electron chi connectivity index (χ2n) is 4.25. The molecule has 0 aromatic carbocycles. The molecule has 1 aromatic heterocycles. The van der Waals surface area contributed by atoms with Crippen molar-refractivity contribution in [1.29, 1.82) is 0 Å². The second-order valence-corrected chi connectivity index (χ2v) is 6.54. The Bertz CT molecular complexity index is 463. The number of rotatable bonds is 3. The zero-order valence-corrected chi connectivity index (χ0v) is 12.1. The van der Waals surface area contributed by atoms with Gasteiger partial charge < -0.3 is 16.0 Å². The van der Waals surface area contributed by atoms with Crippen molar-refractivity contribution in [2.24, 2.45) is 11.7 Å². The number of nitrogens with zero attached hydrogens (tertiary/aromatic N) is 1. The van der Waals surface area contributed by atoms with Crippen molar-refractivity contribution < 1.29 is 9.59 Å². The van der Waals surface area contributed by atoms with Crippen LogP contribution in [0.2, 0.25) is 0 Å². The summed E-state index contributed by atoms with van der Waals surface area (Å²) < 4.78 is 1.04. The van der Waals surface area contributed by atoms with Gasteiger partial charge in [-0.3, -0.25) is 4.79 Å². The van der Waals surface area contributed by atoms with Gasteiger partial charge in [-0.25, -0.2) is 4.79 Å². The molecule has 0 bridgehead atoms. The van der Waals surface area contributed by atoms with Gasteiger partial charge in [0.2, 0.25) is 5.91 Å². The van der Waals surface area contributed by atoms with Crippen molar-refractivity contribution in [3.05, 3.63) is 20.8 Å². The highest BCUT2D eigenvalue weighted by molar-refractivity contribution is 9.11. The molecule has 0 radical (unpaired) electrons. The number of primary amides is 1. The molecule has 0 spiro atoms. The van der Waals surface area contributed by atoms with Crippen molar-refractivity contribution in [3.63, 3.8) is 0 Å². The molecular formula is C11H14BrN3O2S.